The summed E-state index contributed by atoms with van der Waals surface area (Å²) in [6.07, 6.45) is -3.02. The van der Waals surface area contributed by atoms with Crippen LogP contribution in [0.15, 0.2) is 0 Å². The highest BCUT2D eigenvalue weighted by atomic mass is 19.3. The highest BCUT2D eigenvalue weighted by molar-refractivity contribution is 5.87. The fraction of sp³-hybridized carbons (Fsp3) is 0.714. The molecule has 0 radical (unpaired) electrons. The molecule has 0 atom stereocenters. The molecule has 2 amide bonds. The lowest BCUT2D eigenvalue weighted by Gasteiger charge is -2.31. The maximum atomic E-state index is 11.9. The normalized spacial score (nSPS) is 18.3. The molecule has 1 aliphatic rings. The second kappa shape index (κ2) is 3.68. The van der Waals surface area contributed by atoms with E-state index in [1.54, 1.807) is 7.05 Å². The summed E-state index contributed by atoms with van der Waals surface area (Å²) in [7, 11) is 1.58. The van der Waals surface area contributed by atoms with Crippen LogP contribution in [0.5, 0.6) is 0 Å². The van der Waals surface area contributed by atoms with Crippen LogP contribution in [-0.2, 0) is 9.59 Å². The van der Waals surface area contributed by atoms with Crippen molar-refractivity contribution >= 4 is 11.8 Å². The summed E-state index contributed by atoms with van der Waals surface area (Å²) < 4.78 is 23.8. The Bertz CT molecular complexity index is 233. The summed E-state index contributed by atoms with van der Waals surface area (Å²) in [5, 5.41) is 0. The smallest absolute Gasteiger partial charge is 0.315 e. The lowest BCUT2D eigenvalue weighted by molar-refractivity contribution is -0.151. The zero-order valence-electron chi connectivity index (χ0n) is 7.17. The fourth-order valence-corrected chi connectivity index (χ4v) is 1.08. The molecule has 74 valence electrons. The first kappa shape index (κ1) is 9.88. The van der Waals surface area contributed by atoms with Gasteiger partial charge in [0.25, 0.3) is 5.91 Å². The third-order valence-corrected chi connectivity index (χ3v) is 1.96. The van der Waals surface area contributed by atoms with Gasteiger partial charge >= 0.3 is 6.43 Å². The summed E-state index contributed by atoms with van der Waals surface area (Å²) in [5.74, 6) is -1.57. The molecule has 0 aromatic heterocycles. The molecular weight excluding hydrogens is 182 g/mol. The highest BCUT2D eigenvalue weighted by Crippen LogP contribution is 2.05. The van der Waals surface area contributed by atoms with Crippen molar-refractivity contribution in [1.29, 1.82) is 0 Å². The second-order valence-corrected chi connectivity index (χ2v) is 2.88. The van der Waals surface area contributed by atoms with Gasteiger partial charge in [0.2, 0.25) is 5.91 Å². The number of hydrogen-bond acceptors (Lipinski definition) is 2. The Balaban J connectivity index is 2.55. The Morgan fingerprint density at radius 1 is 1.46 bits per heavy atom. The van der Waals surface area contributed by atoms with Crippen molar-refractivity contribution in [3.63, 3.8) is 0 Å². The molecule has 0 spiro atoms. The molecule has 1 saturated heterocycles. The summed E-state index contributed by atoms with van der Waals surface area (Å²) in [6.45, 7) is 0.266. The predicted molar refractivity (Wildman–Crippen MR) is 40.2 cm³/mol. The molecule has 0 N–H and O–H groups in total. The van der Waals surface area contributed by atoms with Gasteiger partial charge in [0.15, 0.2) is 0 Å². The minimum atomic E-state index is -3.02. The zero-order chi connectivity index (χ0) is 10.0. The van der Waals surface area contributed by atoms with Crippen molar-refractivity contribution in [2.75, 3.05) is 26.7 Å². The average Bonchev–Trinajstić information content (AvgIpc) is 2.08. The molecule has 0 saturated carbocycles. The Morgan fingerprint density at radius 2 is 2.08 bits per heavy atom. The third kappa shape index (κ3) is 2.13. The number of likely N-dealkylation sites (N-methyl/N-ethyl adjacent to an activating group) is 1. The van der Waals surface area contributed by atoms with Crippen LogP contribution >= 0.6 is 0 Å². The van der Waals surface area contributed by atoms with Crippen LogP contribution in [0.2, 0.25) is 0 Å². The van der Waals surface area contributed by atoms with Crippen molar-refractivity contribution in [3.8, 4) is 0 Å². The van der Waals surface area contributed by atoms with Crippen molar-refractivity contribution in [2.45, 2.75) is 6.43 Å². The van der Waals surface area contributed by atoms with Gasteiger partial charge in [-0.3, -0.25) is 9.59 Å². The molecule has 0 unspecified atom stereocenters. The van der Waals surface area contributed by atoms with Gasteiger partial charge in [0.05, 0.1) is 6.54 Å². The number of carbonyl (C=O) groups excluding carboxylic acids is 2. The van der Waals surface area contributed by atoms with E-state index in [0.717, 1.165) is 4.90 Å². The summed E-state index contributed by atoms with van der Waals surface area (Å²) in [5.41, 5.74) is 0. The van der Waals surface area contributed by atoms with Gasteiger partial charge < -0.3 is 9.80 Å². The highest BCUT2D eigenvalue weighted by Gasteiger charge is 2.29. The number of piperazine rings is 1. The molecule has 1 aliphatic heterocycles. The third-order valence-electron chi connectivity index (χ3n) is 1.96. The molecule has 0 aromatic rings. The Morgan fingerprint density at radius 3 is 2.54 bits per heavy atom. The summed E-state index contributed by atoms with van der Waals surface area (Å²) in [4.78, 5) is 24.1. The Hall–Kier alpha value is -1.20. The number of carbonyl (C=O) groups is 2. The van der Waals surface area contributed by atoms with Gasteiger partial charge in [-0.25, -0.2) is 0 Å². The monoisotopic (exact) mass is 192 g/mol. The Labute approximate surface area is 74.1 Å². The minimum absolute atomic E-state index is 0.186. The number of halogens is 2. The van der Waals surface area contributed by atoms with E-state index in [9.17, 15) is 18.4 Å². The molecule has 13 heavy (non-hydrogen) atoms. The SMILES string of the molecule is CN1CCN(C(=O)C(F)F)CC1=O. The van der Waals surface area contributed by atoms with Gasteiger partial charge in [-0.1, -0.05) is 0 Å². The number of amides is 2. The van der Waals surface area contributed by atoms with Crippen LogP contribution in [-0.4, -0.2) is 54.7 Å². The topological polar surface area (TPSA) is 40.6 Å². The van der Waals surface area contributed by atoms with E-state index in [1.165, 1.54) is 4.90 Å². The van der Waals surface area contributed by atoms with Crippen LogP contribution in [0.25, 0.3) is 0 Å². The number of hydrogen-bond donors (Lipinski definition) is 0. The Kier molecular flexibility index (Phi) is 2.79. The van der Waals surface area contributed by atoms with Gasteiger partial charge in [0.1, 0.15) is 0 Å². The molecule has 0 aliphatic carbocycles. The van der Waals surface area contributed by atoms with E-state index in [4.69, 9.17) is 0 Å². The molecule has 1 heterocycles. The molecule has 4 nitrogen and oxygen atoms in total. The molecule has 0 bridgehead atoms. The van der Waals surface area contributed by atoms with Gasteiger partial charge in [0, 0.05) is 20.1 Å². The number of nitrogens with zero attached hydrogens (tertiary/aromatic N) is 2. The van der Waals surface area contributed by atoms with E-state index in [-0.39, 0.29) is 19.0 Å². The maximum absolute atomic E-state index is 11.9. The quantitative estimate of drug-likeness (QED) is 0.564. The first-order valence-electron chi connectivity index (χ1n) is 3.83. The van der Waals surface area contributed by atoms with Crippen molar-refractivity contribution < 1.29 is 18.4 Å². The van der Waals surface area contributed by atoms with E-state index in [2.05, 4.69) is 0 Å². The van der Waals surface area contributed by atoms with E-state index in [0.29, 0.717) is 6.54 Å². The molecule has 6 heteroatoms. The van der Waals surface area contributed by atoms with Gasteiger partial charge in [-0.2, -0.15) is 8.78 Å². The van der Waals surface area contributed by atoms with Crippen LogP contribution in [0.1, 0.15) is 0 Å². The fourth-order valence-electron chi connectivity index (χ4n) is 1.08. The number of rotatable bonds is 1. The maximum Gasteiger partial charge on any atom is 0.315 e. The van der Waals surface area contributed by atoms with Crippen molar-refractivity contribution in [2.24, 2.45) is 0 Å². The number of alkyl halides is 2. The predicted octanol–water partition coefficient (Wildman–Crippen LogP) is -0.448. The lowest BCUT2D eigenvalue weighted by Crippen LogP contribution is -2.52. The van der Waals surface area contributed by atoms with Crippen LogP contribution < -0.4 is 0 Å². The molecule has 0 aromatic carbocycles. The van der Waals surface area contributed by atoms with Gasteiger partial charge in [-0.15, -0.1) is 0 Å². The van der Waals surface area contributed by atoms with E-state index in [1.807, 2.05) is 0 Å². The second-order valence-electron chi connectivity index (χ2n) is 2.88. The lowest BCUT2D eigenvalue weighted by atomic mass is 10.3. The van der Waals surface area contributed by atoms with Crippen LogP contribution in [0.3, 0.4) is 0 Å². The standard InChI is InChI=1S/C7H10F2N2O2/c1-10-2-3-11(4-5(10)12)7(13)6(8)9/h6H,2-4H2,1H3. The largest absolute Gasteiger partial charge is 0.342 e. The minimum Gasteiger partial charge on any atom is -0.342 e. The van der Waals surface area contributed by atoms with E-state index < -0.39 is 12.3 Å². The van der Waals surface area contributed by atoms with Crippen LogP contribution in [0.4, 0.5) is 8.78 Å². The molecule has 1 fully saturated rings. The zero-order valence-corrected chi connectivity index (χ0v) is 7.17. The van der Waals surface area contributed by atoms with E-state index >= 15 is 0 Å². The summed E-state index contributed by atoms with van der Waals surface area (Å²) in [6, 6.07) is 0. The van der Waals surface area contributed by atoms with Crippen molar-refractivity contribution in [3.05, 3.63) is 0 Å². The van der Waals surface area contributed by atoms with Gasteiger partial charge in [-0.05, 0) is 0 Å². The molecular formula is C7H10F2N2O2. The first-order chi connectivity index (χ1) is 6.02. The molecule has 1 rings (SSSR count). The van der Waals surface area contributed by atoms with Crippen molar-refractivity contribution in [1.82, 2.24) is 9.80 Å². The summed E-state index contributed by atoms with van der Waals surface area (Å²) >= 11 is 0. The average molecular weight is 192 g/mol. The first-order valence-corrected chi connectivity index (χ1v) is 3.83. The van der Waals surface area contributed by atoms with Crippen LogP contribution in [0, 0.1) is 0 Å².